The Labute approximate surface area is 62.4 Å². The van der Waals surface area contributed by atoms with E-state index in [-0.39, 0.29) is 0 Å². The fraction of sp³-hybridized carbons (Fsp3) is 1.00. The van der Waals surface area contributed by atoms with Crippen molar-refractivity contribution in [1.29, 1.82) is 0 Å². The van der Waals surface area contributed by atoms with Crippen LogP contribution in [0.3, 0.4) is 0 Å². The van der Waals surface area contributed by atoms with Crippen molar-refractivity contribution >= 4 is 0 Å². The van der Waals surface area contributed by atoms with E-state index in [0.29, 0.717) is 6.04 Å². The summed E-state index contributed by atoms with van der Waals surface area (Å²) in [6.45, 7) is 2.47. The molecule has 0 amide bonds. The van der Waals surface area contributed by atoms with E-state index in [2.05, 4.69) is 11.9 Å². The fourth-order valence-electron chi connectivity index (χ4n) is 2.50. The van der Waals surface area contributed by atoms with Crippen LogP contribution in [0.25, 0.3) is 0 Å². The molecule has 1 saturated carbocycles. The molecule has 1 aliphatic heterocycles. The molecule has 1 saturated heterocycles. The average molecular weight is 140 g/mol. The van der Waals surface area contributed by atoms with E-state index in [0.717, 1.165) is 11.8 Å². The van der Waals surface area contributed by atoms with Crippen LogP contribution >= 0.6 is 0 Å². The van der Waals surface area contributed by atoms with E-state index in [4.69, 9.17) is 5.73 Å². The number of nitrogens with zero attached hydrogens (tertiary/aromatic N) is 1. The molecule has 0 aromatic rings. The van der Waals surface area contributed by atoms with Crippen LogP contribution in [0.15, 0.2) is 0 Å². The summed E-state index contributed by atoms with van der Waals surface area (Å²) in [7, 11) is 2.21. The standard InChI is InChI=1S/C8H16N2/c1-10-4-6-2-3-7(5-10)8(6)9/h6-8H,2-5,9H2,1H3/t6-,7+,8+. The topological polar surface area (TPSA) is 29.3 Å². The molecule has 0 spiro atoms. The number of hydrogen-bond donors (Lipinski definition) is 1. The highest BCUT2D eigenvalue weighted by atomic mass is 15.1. The molecule has 2 rings (SSSR count). The van der Waals surface area contributed by atoms with Gasteiger partial charge in [-0.25, -0.2) is 0 Å². The third-order valence-electron chi connectivity index (χ3n) is 3.09. The maximum absolute atomic E-state index is 6.02. The van der Waals surface area contributed by atoms with Crippen LogP contribution in [0.5, 0.6) is 0 Å². The van der Waals surface area contributed by atoms with Crippen LogP contribution in [0.1, 0.15) is 12.8 Å². The number of piperidine rings is 1. The first-order valence-corrected chi connectivity index (χ1v) is 4.21. The summed E-state index contributed by atoms with van der Waals surface area (Å²) < 4.78 is 0. The molecule has 2 nitrogen and oxygen atoms in total. The van der Waals surface area contributed by atoms with Gasteiger partial charge in [0.2, 0.25) is 0 Å². The largest absolute Gasteiger partial charge is 0.327 e. The molecule has 0 aromatic heterocycles. The first-order chi connectivity index (χ1) is 4.77. The van der Waals surface area contributed by atoms with Crippen molar-refractivity contribution in [3.05, 3.63) is 0 Å². The lowest BCUT2D eigenvalue weighted by Gasteiger charge is -2.33. The van der Waals surface area contributed by atoms with Crippen LogP contribution in [0.4, 0.5) is 0 Å². The monoisotopic (exact) mass is 140 g/mol. The van der Waals surface area contributed by atoms with Gasteiger partial charge < -0.3 is 10.6 Å². The predicted octanol–water partition coefficient (Wildman–Crippen LogP) is 0.285. The number of rotatable bonds is 0. The predicted molar refractivity (Wildman–Crippen MR) is 41.7 cm³/mol. The summed E-state index contributed by atoms with van der Waals surface area (Å²) in [5.74, 6) is 1.62. The Morgan fingerprint density at radius 2 is 1.70 bits per heavy atom. The van der Waals surface area contributed by atoms with Crippen molar-refractivity contribution in [2.75, 3.05) is 20.1 Å². The molecule has 58 valence electrons. The quantitative estimate of drug-likeness (QED) is 0.524. The summed E-state index contributed by atoms with van der Waals surface area (Å²) >= 11 is 0. The Hall–Kier alpha value is -0.0800. The Morgan fingerprint density at radius 3 is 2.20 bits per heavy atom. The van der Waals surface area contributed by atoms with Crippen molar-refractivity contribution in [2.24, 2.45) is 17.6 Å². The molecule has 3 atom stereocenters. The van der Waals surface area contributed by atoms with Gasteiger partial charge in [-0.05, 0) is 31.7 Å². The van der Waals surface area contributed by atoms with Crippen molar-refractivity contribution in [2.45, 2.75) is 18.9 Å². The van der Waals surface area contributed by atoms with E-state index in [1.165, 1.54) is 25.9 Å². The van der Waals surface area contributed by atoms with E-state index in [9.17, 15) is 0 Å². The average Bonchev–Trinajstić information content (AvgIpc) is 2.20. The molecule has 2 N–H and O–H groups in total. The lowest BCUT2D eigenvalue weighted by Crippen LogP contribution is -2.47. The van der Waals surface area contributed by atoms with Crippen LogP contribution in [-0.2, 0) is 0 Å². The second-order valence-electron chi connectivity index (χ2n) is 3.90. The Balaban J connectivity index is 2.09. The normalized spacial score (nSPS) is 48.0. The minimum atomic E-state index is 0.524. The summed E-state index contributed by atoms with van der Waals surface area (Å²) in [5.41, 5.74) is 6.02. The van der Waals surface area contributed by atoms with E-state index in [1.54, 1.807) is 0 Å². The van der Waals surface area contributed by atoms with Gasteiger partial charge in [-0.15, -0.1) is 0 Å². The molecular weight excluding hydrogens is 124 g/mol. The minimum absolute atomic E-state index is 0.524. The van der Waals surface area contributed by atoms with Gasteiger partial charge in [0.25, 0.3) is 0 Å². The lowest BCUT2D eigenvalue weighted by atomic mass is 9.94. The number of nitrogens with two attached hydrogens (primary N) is 1. The van der Waals surface area contributed by atoms with Gasteiger partial charge in [-0.3, -0.25) is 0 Å². The van der Waals surface area contributed by atoms with Gasteiger partial charge in [0.1, 0.15) is 0 Å². The van der Waals surface area contributed by atoms with E-state index in [1.807, 2.05) is 0 Å². The summed E-state index contributed by atoms with van der Waals surface area (Å²) in [6.07, 6.45) is 2.74. The maximum atomic E-state index is 6.02. The second-order valence-corrected chi connectivity index (χ2v) is 3.90. The molecule has 10 heavy (non-hydrogen) atoms. The molecule has 1 aliphatic carbocycles. The molecule has 2 bridgehead atoms. The highest BCUT2D eigenvalue weighted by molar-refractivity contribution is 4.94. The van der Waals surface area contributed by atoms with Crippen LogP contribution in [0, 0.1) is 11.8 Å². The number of hydrogen-bond acceptors (Lipinski definition) is 2. The zero-order chi connectivity index (χ0) is 7.14. The van der Waals surface area contributed by atoms with E-state index < -0.39 is 0 Å². The van der Waals surface area contributed by atoms with Gasteiger partial charge in [0.15, 0.2) is 0 Å². The number of likely N-dealkylation sites (tertiary alicyclic amines) is 1. The highest BCUT2D eigenvalue weighted by Gasteiger charge is 2.38. The second kappa shape index (κ2) is 2.21. The Bertz CT molecular complexity index is 121. The van der Waals surface area contributed by atoms with Crippen molar-refractivity contribution in [3.8, 4) is 0 Å². The molecule has 2 fully saturated rings. The van der Waals surface area contributed by atoms with Crippen LogP contribution in [0.2, 0.25) is 0 Å². The smallest absolute Gasteiger partial charge is 0.0120 e. The third kappa shape index (κ3) is 0.867. The molecule has 0 aromatic carbocycles. The van der Waals surface area contributed by atoms with Gasteiger partial charge in [-0.2, -0.15) is 0 Å². The Kier molecular flexibility index (Phi) is 1.46. The summed E-state index contributed by atoms with van der Waals surface area (Å²) in [5, 5.41) is 0. The zero-order valence-electron chi connectivity index (χ0n) is 6.59. The zero-order valence-corrected chi connectivity index (χ0v) is 6.59. The minimum Gasteiger partial charge on any atom is -0.327 e. The fourth-order valence-corrected chi connectivity index (χ4v) is 2.50. The molecule has 0 unspecified atom stereocenters. The highest BCUT2D eigenvalue weighted by Crippen LogP contribution is 2.34. The molecule has 1 heterocycles. The van der Waals surface area contributed by atoms with Crippen LogP contribution in [-0.4, -0.2) is 31.1 Å². The van der Waals surface area contributed by atoms with Gasteiger partial charge >= 0.3 is 0 Å². The summed E-state index contributed by atoms with van der Waals surface area (Å²) in [6, 6.07) is 0.524. The van der Waals surface area contributed by atoms with Gasteiger partial charge in [0.05, 0.1) is 0 Å². The SMILES string of the molecule is CN1C[C@H]2CC[C@@H](C1)[C@H]2N. The third-order valence-corrected chi connectivity index (χ3v) is 3.09. The van der Waals surface area contributed by atoms with Crippen LogP contribution < -0.4 is 5.73 Å². The first kappa shape index (κ1) is 6.62. The van der Waals surface area contributed by atoms with Crippen molar-refractivity contribution < 1.29 is 0 Å². The van der Waals surface area contributed by atoms with Gasteiger partial charge in [-0.1, -0.05) is 0 Å². The van der Waals surface area contributed by atoms with Crippen molar-refractivity contribution in [1.82, 2.24) is 4.90 Å². The Morgan fingerprint density at radius 1 is 1.20 bits per heavy atom. The first-order valence-electron chi connectivity index (χ1n) is 4.21. The van der Waals surface area contributed by atoms with Crippen molar-refractivity contribution in [3.63, 3.8) is 0 Å². The molecule has 0 radical (unpaired) electrons. The molecule has 2 aliphatic rings. The van der Waals surface area contributed by atoms with Gasteiger partial charge in [0, 0.05) is 19.1 Å². The maximum Gasteiger partial charge on any atom is 0.0120 e. The summed E-state index contributed by atoms with van der Waals surface area (Å²) in [4.78, 5) is 2.42. The number of fused-ring (bicyclic) bond motifs is 2. The van der Waals surface area contributed by atoms with E-state index >= 15 is 0 Å². The molecule has 2 heteroatoms. The molecular formula is C8H16N2. The lowest BCUT2D eigenvalue weighted by molar-refractivity contribution is 0.177.